The van der Waals surface area contributed by atoms with Crippen LogP contribution in [-0.2, 0) is 16.4 Å². The Morgan fingerprint density at radius 2 is 2.05 bits per heavy atom. The van der Waals surface area contributed by atoms with Gasteiger partial charge in [-0.05, 0) is 24.1 Å². The molecule has 1 aromatic heterocycles. The first-order valence-electron chi connectivity index (χ1n) is 6.21. The third-order valence-electron chi connectivity index (χ3n) is 2.89. The Morgan fingerprint density at radius 1 is 1.29 bits per heavy atom. The van der Waals surface area contributed by atoms with E-state index in [1.165, 1.54) is 0 Å². The highest BCUT2D eigenvalue weighted by atomic mass is 32.2. The lowest BCUT2D eigenvalue weighted by atomic mass is 10.1. The van der Waals surface area contributed by atoms with Crippen LogP contribution in [0.4, 0.5) is 13.2 Å². The molecule has 0 spiro atoms. The lowest BCUT2D eigenvalue weighted by Gasteiger charge is -2.08. The minimum Gasteiger partial charge on any atom is -0.278 e. The maximum Gasteiger partial charge on any atom is 0.390 e. The van der Waals surface area contributed by atoms with Crippen molar-refractivity contribution in [1.29, 1.82) is 0 Å². The normalized spacial score (nSPS) is 12.9. The van der Waals surface area contributed by atoms with E-state index in [1.807, 2.05) is 18.2 Å². The fraction of sp³-hybridized carbons (Fsp3) is 0.417. The molecule has 116 valence electrons. The molecule has 0 saturated heterocycles. The number of rotatable bonds is 6. The molecular formula is C12H14F3N3O2S. The van der Waals surface area contributed by atoms with Crippen LogP contribution in [0.1, 0.15) is 12.0 Å². The molecule has 0 saturated carbocycles. The smallest absolute Gasteiger partial charge is 0.278 e. The Hall–Kier alpha value is -1.61. The van der Waals surface area contributed by atoms with E-state index in [2.05, 4.69) is 14.9 Å². The number of fused-ring (bicyclic) bond motifs is 1. The van der Waals surface area contributed by atoms with Crippen molar-refractivity contribution in [3.63, 3.8) is 0 Å². The van der Waals surface area contributed by atoms with Crippen molar-refractivity contribution in [2.45, 2.75) is 19.0 Å². The van der Waals surface area contributed by atoms with E-state index in [9.17, 15) is 21.6 Å². The highest BCUT2D eigenvalue weighted by Crippen LogP contribution is 2.19. The monoisotopic (exact) mass is 321 g/mol. The molecule has 21 heavy (non-hydrogen) atoms. The van der Waals surface area contributed by atoms with Crippen LogP contribution in [-0.4, -0.2) is 37.1 Å². The second-order valence-corrected chi connectivity index (χ2v) is 6.55. The fourth-order valence-electron chi connectivity index (χ4n) is 1.82. The molecule has 0 radical (unpaired) electrons. The maximum atomic E-state index is 12.0. The van der Waals surface area contributed by atoms with Gasteiger partial charge in [-0.1, -0.05) is 6.07 Å². The molecule has 0 atom stereocenters. The number of aromatic amines is 1. The molecule has 0 bridgehead atoms. The first kappa shape index (κ1) is 15.8. The topological polar surface area (TPSA) is 74.8 Å². The second kappa shape index (κ2) is 6.02. The zero-order chi connectivity index (χ0) is 15.5. The van der Waals surface area contributed by atoms with E-state index in [-0.39, 0.29) is 6.54 Å². The van der Waals surface area contributed by atoms with Crippen LogP contribution in [0.5, 0.6) is 0 Å². The Kier molecular flexibility index (Phi) is 4.52. The van der Waals surface area contributed by atoms with Gasteiger partial charge in [-0.25, -0.2) is 13.1 Å². The van der Waals surface area contributed by atoms with Gasteiger partial charge in [-0.2, -0.15) is 18.3 Å². The van der Waals surface area contributed by atoms with Crippen molar-refractivity contribution in [3.05, 3.63) is 30.0 Å². The van der Waals surface area contributed by atoms with Crippen molar-refractivity contribution < 1.29 is 21.6 Å². The van der Waals surface area contributed by atoms with Crippen LogP contribution in [0.2, 0.25) is 0 Å². The van der Waals surface area contributed by atoms with Crippen LogP contribution in [0.25, 0.3) is 10.9 Å². The first-order chi connectivity index (χ1) is 9.75. The molecule has 1 aromatic carbocycles. The molecule has 0 aliphatic rings. The fourth-order valence-corrected chi connectivity index (χ4v) is 2.88. The Labute approximate surface area is 119 Å². The predicted molar refractivity (Wildman–Crippen MR) is 72.3 cm³/mol. The number of hydrogen-bond donors (Lipinski definition) is 2. The number of sulfonamides is 1. The maximum absolute atomic E-state index is 12.0. The summed E-state index contributed by atoms with van der Waals surface area (Å²) in [4.78, 5) is 0. The Bertz CT molecular complexity index is 710. The van der Waals surface area contributed by atoms with E-state index in [0.717, 1.165) is 16.5 Å². The summed E-state index contributed by atoms with van der Waals surface area (Å²) in [6, 6.07) is 5.48. The molecular weight excluding hydrogens is 307 g/mol. The number of aromatic nitrogens is 2. The number of alkyl halides is 3. The number of nitrogens with one attached hydrogen (secondary N) is 2. The minimum absolute atomic E-state index is 0.0591. The van der Waals surface area contributed by atoms with Crippen LogP contribution >= 0.6 is 0 Å². The molecule has 0 aliphatic carbocycles. The zero-order valence-electron chi connectivity index (χ0n) is 10.9. The largest absolute Gasteiger partial charge is 0.390 e. The molecule has 2 aromatic rings. The highest BCUT2D eigenvalue weighted by molar-refractivity contribution is 7.89. The summed E-state index contributed by atoms with van der Waals surface area (Å²) in [6.45, 7) is 0.0591. The van der Waals surface area contributed by atoms with Gasteiger partial charge >= 0.3 is 6.18 Å². The first-order valence-corrected chi connectivity index (χ1v) is 7.86. The summed E-state index contributed by atoms with van der Waals surface area (Å²) in [5.41, 5.74) is 1.74. The molecule has 2 rings (SSSR count). The lowest BCUT2D eigenvalue weighted by Crippen LogP contribution is -2.30. The number of benzene rings is 1. The number of halogens is 3. The summed E-state index contributed by atoms with van der Waals surface area (Å²) >= 11 is 0. The van der Waals surface area contributed by atoms with Gasteiger partial charge < -0.3 is 0 Å². The quantitative estimate of drug-likeness (QED) is 0.854. The van der Waals surface area contributed by atoms with Crippen LogP contribution in [0, 0.1) is 0 Å². The minimum atomic E-state index is -4.47. The molecule has 5 nitrogen and oxygen atoms in total. The van der Waals surface area contributed by atoms with E-state index < -0.39 is 28.4 Å². The van der Waals surface area contributed by atoms with Gasteiger partial charge in [0.05, 0.1) is 23.9 Å². The molecule has 0 aliphatic heterocycles. The number of nitrogens with zero attached hydrogens (tertiary/aromatic N) is 1. The van der Waals surface area contributed by atoms with Gasteiger partial charge in [0.1, 0.15) is 0 Å². The molecule has 1 heterocycles. The zero-order valence-corrected chi connectivity index (χ0v) is 11.8. The highest BCUT2D eigenvalue weighted by Gasteiger charge is 2.29. The van der Waals surface area contributed by atoms with Crippen molar-refractivity contribution in [2.24, 2.45) is 0 Å². The summed E-state index contributed by atoms with van der Waals surface area (Å²) in [6.07, 6.45) is -3.77. The van der Waals surface area contributed by atoms with Crippen molar-refractivity contribution >= 4 is 20.9 Å². The van der Waals surface area contributed by atoms with Crippen molar-refractivity contribution in [3.8, 4) is 0 Å². The van der Waals surface area contributed by atoms with Crippen LogP contribution < -0.4 is 4.72 Å². The molecule has 0 unspecified atom stereocenters. The van der Waals surface area contributed by atoms with Gasteiger partial charge in [-0.3, -0.25) is 5.10 Å². The van der Waals surface area contributed by atoms with Crippen LogP contribution in [0.3, 0.4) is 0 Å². The van der Waals surface area contributed by atoms with E-state index in [1.54, 1.807) is 6.20 Å². The van der Waals surface area contributed by atoms with Gasteiger partial charge in [0.15, 0.2) is 0 Å². The molecule has 0 fully saturated rings. The van der Waals surface area contributed by atoms with E-state index in [4.69, 9.17) is 0 Å². The summed E-state index contributed by atoms with van der Waals surface area (Å²) in [7, 11) is -3.91. The standard InChI is InChI=1S/C12H14F3N3O2S/c13-12(14,15)4-6-21(19,20)17-5-3-9-1-2-11-10(7-9)8-16-18-11/h1-2,7-8,17H,3-6H2,(H,16,18). The molecule has 0 amide bonds. The van der Waals surface area contributed by atoms with Crippen molar-refractivity contribution in [2.75, 3.05) is 12.3 Å². The second-order valence-electron chi connectivity index (χ2n) is 4.62. The molecule has 2 N–H and O–H groups in total. The van der Waals surface area contributed by atoms with E-state index >= 15 is 0 Å². The van der Waals surface area contributed by atoms with Gasteiger partial charge in [0.2, 0.25) is 10.0 Å². The van der Waals surface area contributed by atoms with E-state index in [0.29, 0.717) is 6.42 Å². The average molecular weight is 321 g/mol. The third-order valence-corrected chi connectivity index (χ3v) is 4.28. The number of H-pyrrole nitrogens is 1. The van der Waals surface area contributed by atoms with Gasteiger partial charge in [0, 0.05) is 11.9 Å². The molecule has 9 heteroatoms. The SMILES string of the molecule is O=S(=O)(CCC(F)(F)F)NCCc1ccc2[nH]ncc2c1. The lowest BCUT2D eigenvalue weighted by molar-refractivity contribution is -0.129. The Morgan fingerprint density at radius 3 is 2.76 bits per heavy atom. The predicted octanol–water partition coefficient (Wildman–Crippen LogP) is 1.98. The summed E-state index contributed by atoms with van der Waals surface area (Å²) in [5.74, 6) is -0.947. The van der Waals surface area contributed by atoms with Gasteiger partial charge in [0.25, 0.3) is 0 Å². The average Bonchev–Trinajstić information content (AvgIpc) is 2.83. The summed E-state index contributed by atoms with van der Waals surface area (Å²) in [5, 5.41) is 7.55. The third kappa shape index (κ3) is 5.01. The Balaban J connectivity index is 1.85. The van der Waals surface area contributed by atoms with Crippen LogP contribution in [0.15, 0.2) is 24.4 Å². The van der Waals surface area contributed by atoms with Crippen molar-refractivity contribution in [1.82, 2.24) is 14.9 Å². The van der Waals surface area contributed by atoms with Gasteiger partial charge in [-0.15, -0.1) is 0 Å². The summed E-state index contributed by atoms with van der Waals surface area (Å²) < 4.78 is 61.0. The number of hydrogen-bond acceptors (Lipinski definition) is 3.